The fraction of sp³-hybridized carbons (Fsp3) is 0.464. The van der Waals surface area contributed by atoms with Crippen molar-refractivity contribution in [2.45, 2.75) is 38.0 Å². The molecule has 7 nitrogen and oxygen atoms in total. The molecule has 35 heavy (non-hydrogen) atoms. The van der Waals surface area contributed by atoms with Crippen molar-refractivity contribution in [1.82, 2.24) is 10.2 Å². The Labute approximate surface area is 205 Å². The van der Waals surface area contributed by atoms with Crippen molar-refractivity contribution < 1.29 is 24.2 Å². The van der Waals surface area contributed by atoms with Gasteiger partial charge >= 0.3 is 12.1 Å². The van der Waals surface area contributed by atoms with Gasteiger partial charge in [0.05, 0.1) is 6.42 Å². The summed E-state index contributed by atoms with van der Waals surface area (Å²) in [6, 6.07) is 16.6. The molecule has 1 saturated carbocycles. The van der Waals surface area contributed by atoms with Gasteiger partial charge in [-0.15, -0.1) is 0 Å². The van der Waals surface area contributed by atoms with Crippen LogP contribution < -0.4 is 5.32 Å². The molecular formula is C28H32N2O5. The minimum absolute atomic E-state index is 0.0478. The molecule has 184 valence electrons. The van der Waals surface area contributed by atoms with Crippen LogP contribution in [0, 0.1) is 17.8 Å². The first-order valence-corrected chi connectivity index (χ1v) is 12.6. The molecule has 0 spiro atoms. The fourth-order valence-electron chi connectivity index (χ4n) is 5.95. The smallest absolute Gasteiger partial charge is 0.407 e. The van der Waals surface area contributed by atoms with Gasteiger partial charge in [0.25, 0.3) is 0 Å². The number of carbonyl (C=O) groups is 3. The fourth-order valence-corrected chi connectivity index (χ4v) is 5.95. The molecule has 5 rings (SSSR count). The van der Waals surface area contributed by atoms with Crippen LogP contribution >= 0.6 is 0 Å². The second-order valence-electron chi connectivity index (χ2n) is 10.2. The van der Waals surface area contributed by atoms with Crippen LogP contribution in [-0.2, 0) is 14.3 Å². The van der Waals surface area contributed by atoms with Gasteiger partial charge in [0.2, 0.25) is 5.91 Å². The van der Waals surface area contributed by atoms with Crippen LogP contribution in [0.1, 0.15) is 49.1 Å². The third kappa shape index (κ3) is 5.19. The van der Waals surface area contributed by atoms with E-state index in [0.717, 1.165) is 19.3 Å². The number of carboxylic acids is 1. The summed E-state index contributed by atoms with van der Waals surface area (Å²) in [4.78, 5) is 37.4. The summed E-state index contributed by atoms with van der Waals surface area (Å²) in [5.74, 6) is 0.145. The van der Waals surface area contributed by atoms with E-state index in [9.17, 15) is 14.4 Å². The van der Waals surface area contributed by atoms with E-state index in [1.807, 2.05) is 24.3 Å². The lowest BCUT2D eigenvalue weighted by molar-refractivity contribution is -0.145. The van der Waals surface area contributed by atoms with Crippen LogP contribution in [0.5, 0.6) is 0 Å². The number of nitrogens with one attached hydrogen (secondary N) is 1. The summed E-state index contributed by atoms with van der Waals surface area (Å²) >= 11 is 0. The number of benzene rings is 2. The summed E-state index contributed by atoms with van der Waals surface area (Å²) in [5.41, 5.74) is 4.81. The number of likely N-dealkylation sites (tertiary alicyclic amines) is 1. The van der Waals surface area contributed by atoms with E-state index in [0.29, 0.717) is 44.5 Å². The maximum atomic E-state index is 12.5. The molecule has 3 aliphatic rings. The van der Waals surface area contributed by atoms with Crippen LogP contribution in [0.4, 0.5) is 4.79 Å². The number of rotatable bonds is 8. The summed E-state index contributed by atoms with van der Waals surface area (Å²) in [5, 5.41) is 11.8. The van der Waals surface area contributed by atoms with Gasteiger partial charge in [0.1, 0.15) is 6.61 Å². The van der Waals surface area contributed by atoms with Crippen LogP contribution in [0.15, 0.2) is 48.5 Å². The molecule has 2 unspecified atom stereocenters. The highest BCUT2D eigenvalue weighted by atomic mass is 16.5. The molecule has 7 heteroatoms. The van der Waals surface area contributed by atoms with Gasteiger partial charge < -0.3 is 20.1 Å². The van der Waals surface area contributed by atoms with E-state index in [-0.39, 0.29) is 24.2 Å². The predicted molar refractivity (Wildman–Crippen MR) is 131 cm³/mol. The molecule has 2 N–H and O–H groups in total. The Morgan fingerprint density at radius 2 is 1.51 bits per heavy atom. The number of aliphatic carboxylic acids is 1. The Balaban J connectivity index is 1.04. The SMILES string of the molecule is O=C(O)CC1CN(C(=O)CC2CCC(CNC(=O)OCC3c4ccccc4-c4ccccc43)C2)C1. The van der Waals surface area contributed by atoms with Gasteiger partial charge in [-0.2, -0.15) is 0 Å². The Kier molecular flexibility index (Phi) is 6.75. The zero-order chi connectivity index (χ0) is 24.4. The Hall–Kier alpha value is -3.35. The lowest BCUT2D eigenvalue weighted by Gasteiger charge is -2.39. The van der Waals surface area contributed by atoms with Crippen molar-refractivity contribution in [3.8, 4) is 11.1 Å². The van der Waals surface area contributed by atoms with Gasteiger partial charge in [-0.05, 0) is 53.4 Å². The monoisotopic (exact) mass is 476 g/mol. The third-order valence-electron chi connectivity index (χ3n) is 7.77. The minimum Gasteiger partial charge on any atom is -0.481 e. The van der Waals surface area contributed by atoms with E-state index < -0.39 is 12.1 Å². The van der Waals surface area contributed by atoms with Gasteiger partial charge in [-0.25, -0.2) is 4.79 Å². The predicted octanol–water partition coefficient (Wildman–Crippen LogP) is 4.26. The molecule has 2 aromatic carbocycles. The van der Waals surface area contributed by atoms with E-state index in [2.05, 4.69) is 29.6 Å². The molecule has 1 aliphatic heterocycles. The van der Waals surface area contributed by atoms with Crippen molar-refractivity contribution in [3.63, 3.8) is 0 Å². The van der Waals surface area contributed by atoms with Crippen molar-refractivity contribution >= 4 is 18.0 Å². The summed E-state index contributed by atoms with van der Waals surface area (Å²) in [7, 11) is 0. The standard InChI is InChI=1S/C28H32N2O5/c31-26(30-15-20(16-30)13-27(32)33)12-18-9-10-19(11-18)14-29-28(34)35-17-25-23-7-3-1-5-21(23)22-6-2-4-8-24(22)25/h1-8,18-20,25H,9-17H2,(H,29,34)(H,32,33). The number of fused-ring (bicyclic) bond motifs is 3. The number of hydrogen-bond donors (Lipinski definition) is 2. The molecule has 1 heterocycles. The molecule has 2 fully saturated rings. The first kappa shape index (κ1) is 23.4. The molecule has 2 amide bonds. The van der Waals surface area contributed by atoms with Crippen molar-refractivity contribution in [2.75, 3.05) is 26.2 Å². The largest absolute Gasteiger partial charge is 0.481 e. The van der Waals surface area contributed by atoms with E-state index in [4.69, 9.17) is 9.84 Å². The number of amides is 2. The molecule has 0 radical (unpaired) electrons. The van der Waals surface area contributed by atoms with Gasteiger partial charge in [0.15, 0.2) is 0 Å². The van der Waals surface area contributed by atoms with Gasteiger partial charge in [0, 0.05) is 37.9 Å². The van der Waals surface area contributed by atoms with Crippen LogP contribution in [0.2, 0.25) is 0 Å². The molecule has 1 saturated heterocycles. The van der Waals surface area contributed by atoms with Crippen molar-refractivity contribution in [1.29, 1.82) is 0 Å². The number of carbonyl (C=O) groups excluding carboxylic acids is 2. The highest BCUT2D eigenvalue weighted by Crippen LogP contribution is 2.44. The van der Waals surface area contributed by atoms with Crippen LogP contribution in [0.25, 0.3) is 11.1 Å². The molecule has 2 atom stereocenters. The highest BCUT2D eigenvalue weighted by Gasteiger charge is 2.35. The maximum absolute atomic E-state index is 12.5. The normalized spacial score (nSPS) is 21.2. The molecular weight excluding hydrogens is 444 g/mol. The first-order valence-electron chi connectivity index (χ1n) is 12.6. The molecule has 0 bridgehead atoms. The number of nitrogens with zero attached hydrogens (tertiary/aromatic N) is 1. The quantitative estimate of drug-likeness (QED) is 0.593. The number of ether oxygens (including phenoxy) is 1. The summed E-state index contributed by atoms with van der Waals surface area (Å²) in [6.07, 6.45) is 3.15. The Bertz CT molecular complexity index is 1060. The van der Waals surface area contributed by atoms with Crippen molar-refractivity contribution in [2.24, 2.45) is 17.8 Å². The molecule has 2 aromatic rings. The Morgan fingerprint density at radius 3 is 2.17 bits per heavy atom. The zero-order valence-electron chi connectivity index (χ0n) is 19.8. The lowest BCUT2D eigenvalue weighted by atomic mass is 9.94. The second-order valence-corrected chi connectivity index (χ2v) is 10.2. The van der Waals surface area contributed by atoms with E-state index in [1.54, 1.807) is 4.90 Å². The number of carboxylic acid groups (broad SMARTS) is 1. The Morgan fingerprint density at radius 1 is 0.886 bits per heavy atom. The average molecular weight is 477 g/mol. The van der Waals surface area contributed by atoms with Crippen LogP contribution in [-0.4, -0.2) is 54.2 Å². The lowest BCUT2D eigenvalue weighted by Crippen LogP contribution is -2.50. The average Bonchev–Trinajstić information content (AvgIpc) is 3.40. The highest BCUT2D eigenvalue weighted by molar-refractivity contribution is 5.79. The number of alkyl carbamates (subject to hydrolysis) is 1. The minimum atomic E-state index is -0.801. The van der Waals surface area contributed by atoms with E-state index in [1.165, 1.54) is 22.3 Å². The van der Waals surface area contributed by atoms with Crippen molar-refractivity contribution in [3.05, 3.63) is 59.7 Å². The summed E-state index contributed by atoms with van der Waals surface area (Å²) in [6.45, 7) is 1.99. The molecule has 0 aromatic heterocycles. The second kappa shape index (κ2) is 10.1. The third-order valence-corrected chi connectivity index (χ3v) is 7.77. The zero-order valence-corrected chi connectivity index (χ0v) is 19.8. The molecule has 2 aliphatic carbocycles. The van der Waals surface area contributed by atoms with Gasteiger partial charge in [-0.3, -0.25) is 9.59 Å². The van der Waals surface area contributed by atoms with Gasteiger partial charge in [-0.1, -0.05) is 48.5 Å². The van der Waals surface area contributed by atoms with E-state index >= 15 is 0 Å². The first-order chi connectivity index (χ1) is 17.0. The summed E-state index contributed by atoms with van der Waals surface area (Å²) < 4.78 is 5.63. The topological polar surface area (TPSA) is 95.9 Å². The maximum Gasteiger partial charge on any atom is 0.407 e. The number of hydrogen-bond acceptors (Lipinski definition) is 4. The van der Waals surface area contributed by atoms with Crippen LogP contribution in [0.3, 0.4) is 0 Å².